The third kappa shape index (κ3) is 3.32. The van der Waals surface area contributed by atoms with Crippen molar-refractivity contribution in [3.05, 3.63) is 35.4 Å². The molecule has 1 aromatic carbocycles. The van der Waals surface area contributed by atoms with Gasteiger partial charge in [0.15, 0.2) is 0 Å². The van der Waals surface area contributed by atoms with Crippen LogP contribution in [-0.2, 0) is 11.2 Å². The van der Waals surface area contributed by atoms with E-state index < -0.39 is 0 Å². The van der Waals surface area contributed by atoms with E-state index in [1.807, 2.05) is 0 Å². The molecule has 0 spiro atoms. The highest BCUT2D eigenvalue weighted by Gasteiger charge is 2.21. The Morgan fingerprint density at radius 1 is 1.35 bits per heavy atom. The molecule has 0 saturated carbocycles. The van der Waals surface area contributed by atoms with Crippen molar-refractivity contribution in [1.82, 2.24) is 0 Å². The fourth-order valence-corrected chi connectivity index (χ4v) is 2.84. The number of aryl methyl sites for hydroxylation is 1. The molecule has 1 nitrogen and oxygen atoms in total. The van der Waals surface area contributed by atoms with Crippen molar-refractivity contribution in [3.8, 4) is 0 Å². The lowest BCUT2D eigenvalue weighted by Gasteiger charge is -2.24. The number of ketones is 1. The van der Waals surface area contributed by atoms with Crippen LogP contribution >= 0.6 is 11.6 Å². The lowest BCUT2D eigenvalue weighted by atomic mass is 9.80. The van der Waals surface area contributed by atoms with Crippen LogP contribution in [0.25, 0.3) is 0 Å². The number of halogens is 1. The monoisotopic (exact) mass is 250 g/mol. The van der Waals surface area contributed by atoms with E-state index in [4.69, 9.17) is 11.6 Å². The number of Topliss-reactive ketones (excluding diaryl/α,β-unsaturated/α-hetero) is 1. The number of fused-ring (bicyclic) bond motifs is 1. The Labute approximate surface area is 108 Å². The fourth-order valence-electron chi connectivity index (χ4n) is 2.71. The molecule has 2 rings (SSSR count). The van der Waals surface area contributed by atoms with E-state index in [9.17, 15) is 4.79 Å². The van der Waals surface area contributed by atoms with Gasteiger partial charge in [0.05, 0.1) is 0 Å². The van der Waals surface area contributed by atoms with Gasteiger partial charge in [-0.15, -0.1) is 11.6 Å². The van der Waals surface area contributed by atoms with Crippen LogP contribution in [0.2, 0.25) is 0 Å². The van der Waals surface area contributed by atoms with Crippen LogP contribution in [-0.4, -0.2) is 11.7 Å². The molecule has 1 aliphatic carbocycles. The average Bonchev–Trinajstić information content (AvgIpc) is 2.37. The summed E-state index contributed by atoms with van der Waals surface area (Å²) in [6.45, 7) is 0. The van der Waals surface area contributed by atoms with Crippen molar-refractivity contribution in [2.75, 3.05) is 5.88 Å². The molecule has 0 N–H and O–H groups in total. The third-order valence-electron chi connectivity index (χ3n) is 3.56. The quantitative estimate of drug-likeness (QED) is 0.720. The van der Waals surface area contributed by atoms with Crippen LogP contribution < -0.4 is 0 Å². The molecular weight excluding hydrogens is 232 g/mol. The Kier molecular flexibility index (Phi) is 4.61. The number of carbonyl (C=O) groups is 1. The van der Waals surface area contributed by atoms with Crippen LogP contribution in [0, 0.1) is 0 Å². The predicted octanol–water partition coefficient (Wildman–Crippen LogP) is 4.08. The maximum atomic E-state index is 11.8. The second kappa shape index (κ2) is 6.20. The van der Waals surface area contributed by atoms with E-state index in [-0.39, 0.29) is 0 Å². The standard InChI is InChI=1S/C15H19ClO/c16-10-4-8-14(17)11-13-7-3-6-12-5-1-2-9-15(12)13/h1-2,5,9,13H,3-4,6-8,10-11H2. The van der Waals surface area contributed by atoms with Gasteiger partial charge in [0.25, 0.3) is 0 Å². The summed E-state index contributed by atoms with van der Waals surface area (Å²) >= 11 is 5.62. The first-order valence-electron chi connectivity index (χ1n) is 6.46. The highest BCUT2D eigenvalue weighted by atomic mass is 35.5. The van der Waals surface area contributed by atoms with Gasteiger partial charge in [0.1, 0.15) is 5.78 Å². The van der Waals surface area contributed by atoms with E-state index in [1.54, 1.807) is 0 Å². The molecule has 1 aliphatic rings. The SMILES string of the molecule is O=C(CCCCl)CC1CCCc2ccccc21. The second-order valence-electron chi connectivity index (χ2n) is 4.82. The van der Waals surface area contributed by atoms with Crippen molar-refractivity contribution >= 4 is 17.4 Å². The Morgan fingerprint density at radius 3 is 3.00 bits per heavy atom. The summed E-state index contributed by atoms with van der Waals surface area (Å²) in [4.78, 5) is 11.8. The topological polar surface area (TPSA) is 17.1 Å². The minimum atomic E-state index is 0.368. The number of hydrogen-bond donors (Lipinski definition) is 0. The molecule has 0 aliphatic heterocycles. The molecule has 1 aromatic rings. The Bertz CT molecular complexity index is 386. The van der Waals surface area contributed by atoms with Gasteiger partial charge in [0, 0.05) is 18.7 Å². The summed E-state index contributed by atoms with van der Waals surface area (Å²) in [5.74, 6) is 1.41. The summed E-state index contributed by atoms with van der Waals surface area (Å²) in [5.41, 5.74) is 2.84. The van der Waals surface area contributed by atoms with Gasteiger partial charge < -0.3 is 0 Å². The molecule has 0 bridgehead atoms. The van der Waals surface area contributed by atoms with Crippen molar-refractivity contribution in [3.63, 3.8) is 0 Å². The van der Waals surface area contributed by atoms with Crippen molar-refractivity contribution in [1.29, 1.82) is 0 Å². The molecule has 2 heteroatoms. The maximum absolute atomic E-state index is 11.8. The van der Waals surface area contributed by atoms with Crippen molar-refractivity contribution in [2.45, 2.75) is 44.4 Å². The molecule has 0 amide bonds. The molecule has 0 aromatic heterocycles. The Hall–Kier alpha value is -0.820. The average molecular weight is 251 g/mol. The number of carbonyl (C=O) groups excluding carboxylic acids is 1. The van der Waals surface area contributed by atoms with Gasteiger partial charge in [-0.3, -0.25) is 4.79 Å². The highest BCUT2D eigenvalue weighted by molar-refractivity contribution is 6.17. The van der Waals surface area contributed by atoms with E-state index in [1.165, 1.54) is 24.0 Å². The third-order valence-corrected chi connectivity index (χ3v) is 3.82. The zero-order chi connectivity index (χ0) is 12.1. The molecule has 0 fully saturated rings. The van der Waals surface area contributed by atoms with Crippen LogP contribution in [0.1, 0.15) is 49.1 Å². The summed E-state index contributed by atoms with van der Waals surface area (Å²) in [7, 11) is 0. The molecule has 0 radical (unpaired) electrons. The maximum Gasteiger partial charge on any atom is 0.133 e. The van der Waals surface area contributed by atoms with Gasteiger partial charge in [-0.25, -0.2) is 0 Å². The normalized spacial score (nSPS) is 18.8. The lowest BCUT2D eigenvalue weighted by Crippen LogP contribution is -2.13. The summed E-state index contributed by atoms with van der Waals surface area (Å²) in [6, 6.07) is 8.57. The highest BCUT2D eigenvalue weighted by Crippen LogP contribution is 2.34. The molecule has 0 saturated heterocycles. The van der Waals surface area contributed by atoms with Crippen LogP contribution in [0.3, 0.4) is 0 Å². The summed E-state index contributed by atoms with van der Waals surface area (Å²) in [5, 5.41) is 0. The zero-order valence-electron chi connectivity index (χ0n) is 10.1. The zero-order valence-corrected chi connectivity index (χ0v) is 10.9. The second-order valence-corrected chi connectivity index (χ2v) is 5.20. The summed E-state index contributed by atoms with van der Waals surface area (Å²) in [6.07, 6.45) is 5.70. The molecular formula is C15H19ClO. The molecule has 1 unspecified atom stereocenters. The number of rotatable bonds is 5. The molecule has 0 heterocycles. The van der Waals surface area contributed by atoms with Crippen LogP contribution in [0.15, 0.2) is 24.3 Å². The van der Waals surface area contributed by atoms with Crippen molar-refractivity contribution < 1.29 is 4.79 Å². The summed E-state index contributed by atoms with van der Waals surface area (Å²) < 4.78 is 0. The molecule has 1 atom stereocenters. The van der Waals surface area contributed by atoms with E-state index in [0.717, 1.165) is 12.8 Å². The van der Waals surface area contributed by atoms with E-state index >= 15 is 0 Å². The van der Waals surface area contributed by atoms with Crippen molar-refractivity contribution in [2.24, 2.45) is 0 Å². The van der Waals surface area contributed by atoms with E-state index in [0.29, 0.717) is 30.4 Å². The molecule has 92 valence electrons. The minimum Gasteiger partial charge on any atom is -0.300 e. The van der Waals surface area contributed by atoms with Gasteiger partial charge >= 0.3 is 0 Å². The first kappa shape index (κ1) is 12.6. The first-order chi connectivity index (χ1) is 8.31. The number of hydrogen-bond acceptors (Lipinski definition) is 1. The Balaban J connectivity index is 2.01. The van der Waals surface area contributed by atoms with Gasteiger partial charge in [0.2, 0.25) is 0 Å². The fraction of sp³-hybridized carbons (Fsp3) is 0.533. The minimum absolute atomic E-state index is 0.368. The predicted molar refractivity (Wildman–Crippen MR) is 71.7 cm³/mol. The van der Waals surface area contributed by atoms with Gasteiger partial charge in [-0.1, -0.05) is 24.3 Å². The lowest BCUT2D eigenvalue weighted by molar-refractivity contribution is -0.119. The van der Waals surface area contributed by atoms with Gasteiger partial charge in [-0.2, -0.15) is 0 Å². The number of alkyl halides is 1. The smallest absolute Gasteiger partial charge is 0.133 e. The Morgan fingerprint density at radius 2 is 2.18 bits per heavy atom. The van der Waals surface area contributed by atoms with E-state index in [2.05, 4.69) is 24.3 Å². The van der Waals surface area contributed by atoms with Crippen LogP contribution in [0.4, 0.5) is 0 Å². The van der Waals surface area contributed by atoms with Gasteiger partial charge in [-0.05, 0) is 42.7 Å². The first-order valence-corrected chi connectivity index (χ1v) is 7.00. The van der Waals surface area contributed by atoms with Crippen LogP contribution in [0.5, 0.6) is 0 Å². The largest absolute Gasteiger partial charge is 0.300 e. The number of benzene rings is 1. The molecule has 17 heavy (non-hydrogen) atoms.